The van der Waals surface area contributed by atoms with Gasteiger partial charge in [-0.15, -0.1) is 0 Å². The van der Waals surface area contributed by atoms with Gasteiger partial charge in [-0.05, 0) is 74.5 Å². The molecule has 1 aromatic heterocycles. The molecule has 0 radical (unpaired) electrons. The van der Waals surface area contributed by atoms with Crippen LogP contribution in [0.1, 0.15) is 41.8 Å². The number of hydrogen-bond donors (Lipinski definition) is 2. The van der Waals surface area contributed by atoms with E-state index in [0.29, 0.717) is 43.0 Å². The summed E-state index contributed by atoms with van der Waals surface area (Å²) in [6, 6.07) is 15.7. The van der Waals surface area contributed by atoms with Crippen molar-refractivity contribution in [3.05, 3.63) is 65.2 Å². The highest BCUT2D eigenvalue weighted by Crippen LogP contribution is 2.31. The number of rotatable bonds is 6. The van der Waals surface area contributed by atoms with E-state index in [1.807, 2.05) is 42.3 Å². The number of nitrogens with zero attached hydrogens (tertiary/aromatic N) is 3. The molecule has 7 nitrogen and oxygen atoms in total. The predicted molar refractivity (Wildman–Crippen MR) is 147 cm³/mol. The molecule has 0 spiro atoms. The minimum Gasteiger partial charge on any atom is -0.475 e. The minimum absolute atomic E-state index is 0.00946. The van der Waals surface area contributed by atoms with Crippen molar-refractivity contribution in [1.82, 2.24) is 20.2 Å². The van der Waals surface area contributed by atoms with Crippen LogP contribution >= 0.6 is 11.9 Å². The van der Waals surface area contributed by atoms with Crippen LogP contribution in [0.5, 0.6) is 5.88 Å². The summed E-state index contributed by atoms with van der Waals surface area (Å²) < 4.78 is 9.58. The van der Waals surface area contributed by atoms with Crippen molar-refractivity contribution in [1.29, 1.82) is 0 Å². The molecule has 1 aliphatic heterocycles. The standard InChI is InChI=1S/C28H35N5O2S/c1-18(2)14-22-17-35-25-16-24(26-19(3)8-6-9-20(26)4)30-28(31-25)32-36-23-11-7-10-21(15-23)27(34)33(22)13-12-29-5/h6-11,15-16,18,22,29H,12-14,17H2,1-5H3,(H,30,31,32)/t22-/m1/s1. The van der Waals surface area contributed by atoms with Crippen LogP contribution in [0.25, 0.3) is 11.3 Å². The van der Waals surface area contributed by atoms with Crippen LogP contribution in [0.15, 0.2) is 53.4 Å². The van der Waals surface area contributed by atoms with Crippen LogP contribution in [-0.2, 0) is 0 Å². The maximum atomic E-state index is 13.7. The van der Waals surface area contributed by atoms with E-state index in [-0.39, 0.29) is 11.9 Å². The molecule has 1 atom stereocenters. The second-order valence-electron chi connectivity index (χ2n) is 9.61. The number of carbonyl (C=O) groups excluding carboxylic acids is 1. The van der Waals surface area contributed by atoms with Gasteiger partial charge in [0.05, 0.1) is 11.7 Å². The molecule has 2 N–H and O–H groups in total. The van der Waals surface area contributed by atoms with Crippen molar-refractivity contribution in [2.75, 3.05) is 31.5 Å². The molecule has 2 aromatic carbocycles. The highest BCUT2D eigenvalue weighted by molar-refractivity contribution is 8.00. The predicted octanol–water partition coefficient (Wildman–Crippen LogP) is 5.35. The van der Waals surface area contributed by atoms with E-state index in [4.69, 9.17) is 9.72 Å². The fourth-order valence-corrected chi connectivity index (χ4v) is 5.18. The van der Waals surface area contributed by atoms with E-state index in [1.165, 1.54) is 11.9 Å². The van der Waals surface area contributed by atoms with Gasteiger partial charge in [0.2, 0.25) is 11.8 Å². The van der Waals surface area contributed by atoms with E-state index in [0.717, 1.165) is 33.7 Å². The lowest BCUT2D eigenvalue weighted by atomic mass is 10.00. The smallest absolute Gasteiger partial charge is 0.254 e. The number of hydrogen-bond acceptors (Lipinski definition) is 7. The molecule has 1 aliphatic rings. The monoisotopic (exact) mass is 505 g/mol. The van der Waals surface area contributed by atoms with Gasteiger partial charge in [0.25, 0.3) is 5.91 Å². The number of aromatic nitrogens is 2. The highest BCUT2D eigenvalue weighted by Gasteiger charge is 2.27. The Morgan fingerprint density at radius 3 is 2.61 bits per heavy atom. The number of amides is 1. The first-order valence-electron chi connectivity index (χ1n) is 12.4. The third-order valence-electron chi connectivity index (χ3n) is 6.25. The molecule has 0 saturated heterocycles. The zero-order valence-corrected chi connectivity index (χ0v) is 22.5. The Morgan fingerprint density at radius 1 is 1.14 bits per heavy atom. The fraction of sp³-hybridized carbons (Fsp3) is 0.393. The number of aryl methyl sites for hydroxylation is 2. The normalized spacial score (nSPS) is 16.0. The SMILES string of the molecule is CNCCN1C(=O)c2cccc(c2)SNc2nc(cc(-c3c(C)cccc3C)n2)OC[C@H]1CC(C)C. The van der Waals surface area contributed by atoms with Gasteiger partial charge in [0.15, 0.2) is 0 Å². The second-order valence-corrected chi connectivity index (χ2v) is 10.5. The lowest BCUT2D eigenvalue weighted by molar-refractivity contribution is 0.0579. The van der Waals surface area contributed by atoms with Gasteiger partial charge in [0.1, 0.15) is 6.61 Å². The average molecular weight is 506 g/mol. The van der Waals surface area contributed by atoms with Crippen LogP contribution in [0.4, 0.5) is 5.95 Å². The van der Waals surface area contributed by atoms with E-state index >= 15 is 0 Å². The van der Waals surface area contributed by atoms with Crippen LogP contribution in [-0.4, -0.2) is 53.6 Å². The van der Waals surface area contributed by atoms with Crippen LogP contribution in [0.3, 0.4) is 0 Å². The van der Waals surface area contributed by atoms with E-state index < -0.39 is 0 Å². The van der Waals surface area contributed by atoms with E-state index in [2.05, 4.69) is 60.9 Å². The maximum Gasteiger partial charge on any atom is 0.254 e. The molecular weight excluding hydrogens is 470 g/mol. The van der Waals surface area contributed by atoms with Gasteiger partial charge in [0, 0.05) is 35.2 Å². The Balaban J connectivity index is 1.79. The van der Waals surface area contributed by atoms with Gasteiger partial charge in [-0.3, -0.25) is 9.52 Å². The molecule has 0 unspecified atom stereocenters. The zero-order chi connectivity index (χ0) is 25.7. The molecule has 4 rings (SSSR count). The van der Waals surface area contributed by atoms with Crippen LogP contribution in [0.2, 0.25) is 0 Å². The molecule has 1 amide bonds. The van der Waals surface area contributed by atoms with Crippen molar-refractivity contribution in [2.24, 2.45) is 5.92 Å². The Morgan fingerprint density at radius 2 is 1.89 bits per heavy atom. The van der Waals surface area contributed by atoms with Crippen molar-refractivity contribution in [3.63, 3.8) is 0 Å². The first-order chi connectivity index (χ1) is 17.4. The Hall–Kier alpha value is -3.10. The third kappa shape index (κ3) is 6.17. The summed E-state index contributed by atoms with van der Waals surface area (Å²) in [5, 5.41) is 3.18. The summed E-state index contributed by atoms with van der Waals surface area (Å²) in [4.78, 5) is 26.0. The van der Waals surface area contributed by atoms with Gasteiger partial charge >= 0.3 is 0 Å². The highest BCUT2D eigenvalue weighted by atomic mass is 32.2. The van der Waals surface area contributed by atoms with Gasteiger partial charge < -0.3 is 15.0 Å². The van der Waals surface area contributed by atoms with Crippen molar-refractivity contribution >= 4 is 23.8 Å². The fourth-order valence-electron chi connectivity index (χ4n) is 4.55. The second kappa shape index (κ2) is 11.8. The number of carbonyl (C=O) groups is 1. The van der Waals surface area contributed by atoms with Gasteiger partial charge in [-0.25, -0.2) is 4.98 Å². The first-order valence-corrected chi connectivity index (χ1v) is 13.2. The van der Waals surface area contributed by atoms with Crippen LogP contribution in [0, 0.1) is 19.8 Å². The number of likely N-dealkylation sites (N-methyl/N-ethyl adjacent to an activating group) is 1. The number of anilines is 1. The Bertz CT molecular complexity index is 1200. The van der Waals surface area contributed by atoms with E-state index in [1.54, 1.807) is 0 Å². The molecule has 0 aliphatic carbocycles. The lowest BCUT2D eigenvalue weighted by Gasteiger charge is -2.33. The molecule has 2 heterocycles. The van der Waals surface area contributed by atoms with Gasteiger partial charge in [-0.1, -0.05) is 38.1 Å². The molecule has 8 heteroatoms. The number of fused-ring (bicyclic) bond motifs is 4. The summed E-state index contributed by atoms with van der Waals surface area (Å²) >= 11 is 1.38. The quantitative estimate of drug-likeness (QED) is 0.437. The topological polar surface area (TPSA) is 79.4 Å². The largest absolute Gasteiger partial charge is 0.475 e. The third-order valence-corrected chi connectivity index (χ3v) is 7.03. The summed E-state index contributed by atoms with van der Waals surface area (Å²) in [7, 11) is 1.90. The molecule has 4 bridgehead atoms. The summed E-state index contributed by atoms with van der Waals surface area (Å²) in [5.41, 5.74) is 4.84. The Labute approximate surface area is 218 Å². The van der Waals surface area contributed by atoms with E-state index in [9.17, 15) is 4.79 Å². The molecular formula is C28H35N5O2S. The lowest BCUT2D eigenvalue weighted by Crippen LogP contribution is -2.47. The summed E-state index contributed by atoms with van der Waals surface area (Å²) in [6.07, 6.45) is 0.823. The number of benzene rings is 2. The van der Waals surface area contributed by atoms with Crippen molar-refractivity contribution in [2.45, 2.75) is 45.1 Å². The summed E-state index contributed by atoms with van der Waals surface area (Å²) in [6.45, 7) is 10.2. The average Bonchev–Trinajstić information content (AvgIpc) is 2.85. The molecule has 190 valence electrons. The molecule has 0 fully saturated rings. The molecule has 36 heavy (non-hydrogen) atoms. The van der Waals surface area contributed by atoms with Gasteiger partial charge in [-0.2, -0.15) is 4.98 Å². The molecule has 0 saturated carbocycles. The minimum atomic E-state index is -0.0991. The van der Waals surface area contributed by atoms with Crippen LogP contribution < -0.4 is 14.8 Å². The number of nitrogens with one attached hydrogen (secondary N) is 2. The number of ether oxygens (including phenoxy) is 1. The summed E-state index contributed by atoms with van der Waals surface area (Å²) in [5.74, 6) is 1.37. The Kier molecular flexibility index (Phi) is 8.48. The van der Waals surface area contributed by atoms with Crippen molar-refractivity contribution < 1.29 is 9.53 Å². The molecule has 3 aromatic rings. The van der Waals surface area contributed by atoms with Crippen molar-refractivity contribution in [3.8, 4) is 17.1 Å². The first kappa shape index (κ1) is 26.0. The zero-order valence-electron chi connectivity index (χ0n) is 21.7. The maximum absolute atomic E-state index is 13.7.